The Morgan fingerprint density at radius 1 is 0.864 bits per heavy atom. The van der Waals surface area contributed by atoms with Gasteiger partial charge in [0.05, 0.1) is 0 Å². The number of carboxylic acid groups (broad SMARTS) is 1. The Morgan fingerprint density at radius 3 is 1.77 bits per heavy atom. The molecular weight excluding hydrogens is 288 g/mol. The van der Waals surface area contributed by atoms with Crippen LogP contribution in [0.3, 0.4) is 0 Å². The van der Waals surface area contributed by atoms with Gasteiger partial charge >= 0.3 is 5.97 Å². The molecule has 5 N–H and O–H groups in total. The number of carbonyl (C=O) groups is 3. The number of carbonyl (C=O) groups excluding carboxylic acids is 2. The first-order valence-electron chi connectivity index (χ1n) is 7.87. The van der Waals surface area contributed by atoms with Gasteiger partial charge < -0.3 is 10.8 Å². The van der Waals surface area contributed by atoms with E-state index in [0.717, 1.165) is 12.8 Å². The number of nitrogens with one attached hydrogen (secondary N) is 1. The van der Waals surface area contributed by atoms with Crippen molar-refractivity contribution in [3.63, 3.8) is 0 Å². The number of carboxylic acids is 1. The minimum absolute atomic E-state index is 0.0353. The monoisotopic (exact) mass is 318 g/mol. The first kappa shape index (κ1) is 22.6. The van der Waals surface area contributed by atoms with Crippen LogP contribution in [0.1, 0.15) is 77.6 Å². The van der Waals surface area contributed by atoms with Crippen molar-refractivity contribution < 1.29 is 24.7 Å². The Bertz CT molecular complexity index is 308. The molecule has 0 aromatic rings. The molecule has 0 fully saturated rings. The SMILES string of the molecule is CCCCCCCCCCC(=O)O.NC(=O)CCC(=O)NO. The maximum absolute atomic E-state index is 10.2. The van der Waals surface area contributed by atoms with Gasteiger partial charge in [-0.1, -0.05) is 51.9 Å². The molecule has 7 nitrogen and oxygen atoms in total. The molecule has 0 aliphatic heterocycles. The maximum atomic E-state index is 10.2. The van der Waals surface area contributed by atoms with Crippen molar-refractivity contribution in [2.24, 2.45) is 5.73 Å². The van der Waals surface area contributed by atoms with E-state index in [4.69, 9.17) is 16.0 Å². The quantitative estimate of drug-likeness (QED) is 0.249. The Morgan fingerprint density at radius 2 is 1.36 bits per heavy atom. The molecule has 130 valence electrons. The molecule has 22 heavy (non-hydrogen) atoms. The van der Waals surface area contributed by atoms with Gasteiger partial charge in [-0.15, -0.1) is 0 Å². The van der Waals surface area contributed by atoms with Gasteiger partial charge in [0.1, 0.15) is 0 Å². The number of rotatable bonds is 12. The number of hydrogen-bond acceptors (Lipinski definition) is 4. The van der Waals surface area contributed by atoms with E-state index in [-0.39, 0.29) is 12.8 Å². The minimum atomic E-state index is -0.661. The summed E-state index contributed by atoms with van der Waals surface area (Å²) in [4.78, 5) is 30.3. The van der Waals surface area contributed by atoms with Crippen LogP contribution >= 0.6 is 0 Å². The summed E-state index contributed by atoms with van der Waals surface area (Å²) < 4.78 is 0. The van der Waals surface area contributed by atoms with E-state index in [9.17, 15) is 14.4 Å². The van der Waals surface area contributed by atoms with Crippen LogP contribution in [0, 0.1) is 0 Å². The van der Waals surface area contributed by atoms with Gasteiger partial charge in [-0.2, -0.15) is 0 Å². The van der Waals surface area contributed by atoms with Crippen LogP contribution < -0.4 is 11.2 Å². The van der Waals surface area contributed by atoms with Gasteiger partial charge in [-0.3, -0.25) is 19.6 Å². The van der Waals surface area contributed by atoms with E-state index in [2.05, 4.69) is 6.92 Å². The average Bonchev–Trinajstić information content (AvgIpc) is 2.47. The van der Waals surface area contributed by atoms with E-state index < -0.39 is 17.8 Å². The molecular formula is C15H30N2O5. The van der Waals surface area contributed by atoms with Gasteiger partial charge in [0.15, 0.2) is 0 Å². The number of amides is 2. The van der Waals surface area contributed by atoms with Crippen molar-refractivity contribution in [2.45, 2.75) is 77.6 Å². The Labute approximate surface area is 132 Å². The summed E-state index contributed by atoms with van der Waals surface area (Å²) in [6.45, 7) is 2.22. The van der Waals surface area contributed by atoms with Gasteiger partial charge in [0.25, 0.3) is 0 Å². The van der Waals surface area contributed by atoms with E-state index in [1.807, 2.05) is 0 Å². The lowest BCUT2D eigenvalue weighted by Gasteiger charge is -1.99. The lowest BCUT2D eigenvalue weighted by Crippen LogP contribution is -2.21. The molecule has 7 heteroatoms. The lowest BCUT2D eigenvalue weighted by molar-refractivity contribution is -0.137. The number of hydrogen-bond donors (Lipinski definition) is 4. The van der Waals surface area contributed by atoms with E-state index in [0.29, 0.717) is 6.42 Å². The molecule has 0 unspecified atom stereocenters. The standard InChI is InChI=1S/C11H22O2.C4H8N2O3/c1-2-3-4-5-6-7-8-9-10-11(12)13;5-3(7)1-2-4(8)6-9/h2-10H2,1H3,(H,12,13);9H,1-2H2,(H2,5,7)(H,6,8). The fourth-order valence-corrected chi connectivity index (χ4v) is 1.70. The predicted octanol–water partition coefficient (Wildman–Crippen LogP) is 2.36. The summed E-state index contributed by atoms with van der Waals surface area (Å²) in [5.74, 6) is -1.82. The second-order valence-electron chi connectivity index (χ2n) is 5.12. The van der Waals surface area contributed by atoms with Gasteiger partial charge in [-0.25, -0.2) is 5.48 Å². The molecule has 0 radical (unpaired) electrons. The zero-order chi connectivity index (χ0) is 17.2. The van der Waals surface area contributed by atoms with Crippen LogP contribution in [0.5, 0.6) is 0 Å². The molecule has 0 bridgehead atoms. The number of hydroxylamine groups is 1. The number of nitrogens with two attached hydrogens (primary N) is 1. The van der Waals surface area contributed by atoms with Crippen LogP contribution in [-0.4, -0.2) is 28.1 Å². The molecule has 0 aliphatic carbocycles. The molecule has 2 amide bonds. The second-order valence-corrected chi connectivity index (χ2v) is 5.12. The van der Waals surface area contributed by atoms with E-state index in [1.165, 1.54) is 44.0 Å². The van der Waals surface area contributed by atoms with Gasteiger partial charge in [0, 0.05) is 19.3 Å². The van der Waals surface area contributed by atoms with Gasteiger partial charge in [0.2, 0.25) is 11.8 Å². The summed E-state index contributed by atoms with van der Waals surface area (Å²) in [7, 11) is 0. The van der Waals surface area contributed by atoms with Crippen molar-refractivity contribution in [3.8, 4) is 0 Å². The average molecular weight is 318 g/mol. The molecule has 0 spiro atoms. The topological polar surface area (TPSA) is 130 Å². The van der Waals surface area contributed by atoms with Gasteiger partial charge in [-0.05, 0) is 6.42 Å². The third-order valence-electron chi connectivity index (χ3n) is 2.97. The number of primary amides is 1. The molecule has 0 saturated carbocycles. The highest BCUT2D eigenvalue weighted by molar-refractivity contribution is 5.82. The molecule has 0 aromatic heterocycles. The molecule has 0 heterocycles. The zero-order valence-electron chi connectivity index (χ0n) is 13.5. The summed E-state index contributed by atoms with van der Waals surface area (Å²) in [5, 5.41) is 16.3. The van der Waals surface area contributed by atoms with Crippen LogP contribution in [-0.2, 0) is 14.4 Å². The highest BCUT2D eigenvalue weighted by Gasteiger charge is 2.00. The van der Waals surface area contributed by atoms with Crippen LogP contribution in [0.15, 0.2) is 0 Å². The van der Waals surface area contributed by atoms with E-state index in [1.54, 1.807) is 0 Å². The molecule has 0 aromatic carbocycles. The first-order valence-corrected chi connectivity index (χ1v) is 7.87. The van der Waals surface area contributed by atoms with Crippen LogP contribution in [0.25, 0.3) is 0 Å². The second kappa shape index (κ2) is 17.4. The third kappa shape index (κ3) is 23.5. The van der Waals surface area contributed by atoms with Crippen molar-refractivity contribution >= 4 is 17.8 Å². The summed E-state index contributed by atoms with van der Waals surface area (Å²) in [6.07, 6.45) is 9.95. The van der Waals surface area contributed by atoms with Crippen molar-refractivity contribution in [3.05, 3.63) is 0 Å². The van der Waals surface area contributed by atoms with Crippen molar-refractivity contribution in [1.82, 2.24) is 5.48 Å². The molecule has 0 saturated heterocycles. The largest absolute Gasteiger partial charge is 0.481 e. The van der Waals surface area contributed by atoms with Crippen LogP contribution in [0.2, 0.25) is 0 Å². The van der Waals surface area contributed by atoms with E-state index >= 15 is 0 Å². The Hall–Kier alpha value is -1.63. The highest BCUT2D eigenvalue weighted by Crippen LogP contribution is 2.09. The lowest BCUT2D eigenvalue weighted by atomic mass is 10.1. The fraction of sp³-hybridized carbons (Fsp3) is 0.800. The van der Waals surface area contributed by atoms with Crippen molar-refractivity contribution in [2.75, 3.05) is 0 Å². The summed E-state index contributed by atoms with van der Waals surface area (Å²) in [5.41, 5.74) is 6.07. The smallest absolute Gasteiger partial charge is 0.303 e. The normalized spacial score (nSPS) is 9.55. The van der Waals surface area contributed by atoms with Crippen molar-refractivity contribution in [1.29, 1.82) is 0 Å². The highest BCUT2D eigenvalue weighted by atomic mass is 16.5. The fourth-order valence-electron chi connectivity index (χ4n) is 1.70. The Balaban J connectivity index is 0. The molecule has 0 atom stereocenters. The minimum Gasteiger partial charge on any atom is -0.481 e. The summed E-state index contributed by atoms with van der Waals surface area (Å²) in [6, 6.07) is 0. The maximum Gasteiger partial charge on any atom is 0.303 e. The first-order chi connectivity index (χ1) is 10.4. The number of unbranched alkanes of at least 4 members (excludes halogenated alkanes) is 7. The molecule has 0 rings (SSSR count). The summed E-state index contributed by atoms with van der Waals surface area (Å²) >= 11 is 0. The zero-order valence-corrected chi connectivity index (χ0v) is 13.5. The van der Waals surface area contributed by atoms with Crippen LogP contribution in [0.4, 0.5) is 0 Å². The third-order valence-corrected chi connectivity index (χ3v) is 2.97. The number of aliphatic carboxylic acids is 1. The Kier molecular flexibility index (Phi) is 17.9. The predicted molar refractivity (Wildman–Crippen MR) is 83.2 cm³/mol. The molecule has 0 aliphatic rings.